The third kappa shape index (κ3) is 5.13. The molecule has 1 rings (SSSR count). The third-order valence-corrected chi connectivity index (χ3v) is 3.41. The van der Waals surface area contributed by atoms with E-state index in [4.69, 9.17) is 5.41 Å². The second-order valence-corrected chi connectivity index (χ2v) is 5.44. The summed E-state index contributed by atoms with van der Waals surface area (Å²) in [6.07, 6.45) is 8.33. The molecule has 0 atom stereocenters. The molecule has 0 saturated carbocycles. The molecule has 0 bridgehead atoms. The molecule has 0 aliphatic rings. The van der Waals surface area contributed by atoms with E-state index >= 15 is 0 Å². The van der Waals surface area contributed by atoms with E-state index in [2.05, 4.69) is 36.1 Å². The van der Waals surface area contributed by atoms with Crippen molar-refractivity contribution in [2.45, 2.75) is 34.1 Å². The molecule has 0 spiro atoms. The van der Waals surface area contributed by atoms with Crippen molar-refractivity contribution in [3.05, 3.63) is 53.0 Å². The monoisotopic (exact) mass is 316 g/mol. The maximum Gasteiger partial charge on any atom is 0.167 e. The van der Waals surface area contributed by atoms with Gasteiger partial charge >= 0.3 is 0 Å². The van der Waals surface area contributed by atoms with Crippen molar-refractivity contribution in [1.82, 2.24) is 15.3 Å². The van der Waals surface area contributed by atoms with Crippen LogP contribution in [0.4, 0.5) is 4.39 Å². The van der Waals surface area contributed by atoms with Gasteiger partial charge in [0.2, 0.25) is 0 Å². The minimum Gasteiger partial charge on any atom is -0.391 e. The number of nitrogens with one attached hydrogen (secondary N) is 2. The first-order chi connectivity index (χ1) is 10.9. The van der Waals surface area contributed by atoms with E-state index in [1.807, 2.05) is 13.1 Å². The van der Waals surface area contributed by atoms with Crippen LogP contribution in [0.25, 0.3) is 5.57 Å². The molecule has 5 heteroatoms. The molecule has 1 aromatic rings. The smallest absolute Gasteiger partial charge is 0.167 e. The summed E-state index contributed by atoms with van der Waals surface area (Å²) in [6.45, 7) is 8.01. The minimum atomic E-state index is -0.470. The highest BCUT2D eigenvalue weighted by Gasteiger charge is 2.12. The molecule has 0 radical (unpaired) electrons. The highest BCUT2D eigenvalue weighted by Crippen LogP contribution is 2.23. The van der Waals surface area contributed by atoms with E-state index in [0.717, 1.165) is 23.9 Å². The van der Waals surface area contributed by atoms with Crippen molar-refractivity contribution in [1.29, 1.82) is 5.41 Å². The van der Waals surface area contributed by atoms with Crippen LogP contribution >= 0.6 is 0 Å². The van der Waals surface area contributed by atoms with Gasteiger partial charge in [0.25, 0.3) is 0 Å². The minimum absolute atomic E-state index is 0.251. The molecule has 0 amide bonds. The summed E-state index contributed by atoms with van der Waals surface area (Å²) in [5, 5.41) is 10.4. The maximum atomic E-state index is 14.2. The van der Waals surface area contributed by atoms with Gasteiger partial charge < -0.3 is 10.7 Å². The average Bonchev–Trinajstić information content (AvgIpc) is 2.52. The van der Waals surface area contributed by atoms with Gasteiger partial charge in [-0.2, -0.15) is 0 Å². The number of halogens is 1. The molecule has 0 aliphatic heterocycles. The lowest BCUT2D eigenvalue weighted by Gasteiger charge is -2.16. The van der Waals surface area contributed by atoms with Crippen LogP contribution in [-0.2, 0) is 0 Å². The Bertz CT molecular complexity index is 642. The lowest BCUT2D eigenvalue weighted by Crippen LogP contribution is -2.14. The van der Waals surface area contributed by atoms with E-state index in [9.17, 15) is 4.39 Å². The van der Waals surface area contributed by atoms with Gasteiger partial charge in [-0.15, -0.1) is 0 Å². The Balaban J connectivity index is 3.54. The Labute approximate surface area is 137 Å². The Kier molecular flexibility index (Phi) is 7.32. The van der Waals surface area contributed by atoms with Gasteiger partial charge in [-0.25, -0.2) is 14.4 Å². The lowest BCUT2D eigenvalue weighted by atomic mass is 9.98. The van der Waals surface area contributed by atoms with Gasteiger partial charge in [0, 0.05) is 24.5 Å². The first kappa shape index (κ1) is 18.7. The second-order valence-electron chi connectivity index (χ2n) is 5.44. The molecule has 0 fully saturated rings. The highest BCUT2D eigenvalue weighted by atomic mass is 19.1. The molecule has 0 saturated heterocycles. The number of allylic oxidation sites excluding steroid dienone is 6. The summed E-state index contributed by atoms with van der Waals surface area (Å²) >= 11 is 0. The van der Waals surface area contributed by atoms with Crippen molar-refractivity contribution in [3.63, 3.8) is 0 Å². The first-order valence-electron chi connectivity index (χ1n) is 7.73. The van der Waals surface area contributed by atoms with Gasteiger partial charge in [-0.3, -0.25) is 0 Å². The quantitative estimate of drug-likeness (QED) is 0.589. The van der Waals surface area contributed by atoms with Gasteiger partial charge in [0.15, 0.2) is 5.82 Å². The highest BCUT2D eigenvalue weighted by molar-refractivity contribution is 5.80. The summed E-state index contributed by atoms with van der Waals surface area (Å²) in [5.41, 5.74) is 3.07. The molecule has 0 aliphatic carbocycles. The summed E-state index contributed by atoms with van der Waals surface area (Å²) in [7, 11) is 1.89. The van der Waals surface area contributed by atoms with E-state index < -0.39 is 5.82 Å². The van der Waals surface area contributed by atoms with E-state index in [1.165, 1.54) is 6.20 Å². The van der Waals surface area contributed by atoms with Crippen LogP contribution in [0.2, 0.25) is 0 Å². The predicted molar refractivity (Wildman–Crippen MR) is 93.8 cm³/mol. The summed E-state index contributed by atoms with van der Waals surface area (Å²) in [5.74, 6) is 0.369. The van der Waals surface area contributed by atoms with Gasteiger partial charge in [0.05, 0.1) is 6.20 Å². The van der Waals surface area contributed by atoms with E-state index in [0.29, 0.717) is 17.3 Å². The summed E-state index contributed by atoms with van der Waals surface area (Å²) < 4.78 is 14.2. The number of hydrogen-bond donors (Lipinski definition) is 2. The molecular formula is C18H25FN4. The number of aryl methyl sites for hydroxylation is 1. The lowest BCUT2D eigenvalue weighted by molar-refractivity contribution is 0.606. The van der Waals surface area contributed by atoms with Gasteiger partial charge in [-0.05, 0) is 37.0 Å². The van der Waals surface area contributed by atoms with E-state index in [1.54, 1.807) is 19.1 Å². The van der Waals surface area contributed by atoms with Crippen LogP contribution in [0.1, 0.15) is 38.7 Å². The summed E-state index contributed by atoms with van der Waals surface area (Å²) in [4.78, 5) is 8.09. The van der Waals surface area contributed by atoms with Crippen LogP contribution in [0.5, 0.6) is 0 Å². The molecule has 124 valence electrons. The van der Waals surface area contributed by atoms with Crippen LogP contribution in [0.15, 0.2) is 35.7 Å². The normalized spacial score (nSPS) is 13.4. The molecule has 0 aromatic carbocycles. The topological polar surface area (TPSA) is 61.7 Å². The van der Waals surface area contributed by atoms with Crippen molar-refractivity contribution >= 4 is 11.8 Å². The molecule has 4 nitrogen and oxygen atoms in total. The van der Waals surface area contributed by atoms with Crippen molar-refractivity contribution in [2.75, 3.05) is 7.05 Å². The van der Waals surface area contributed by atoms with Gasteiger partial charge in [-0.1, -0.05) is 26.8 Å². The van der Waals surface area contributed by atoms with Crippen LogP contribution < -0.4 is 5.32 Å². The van der Waals surface area contributed by atoms with Crippen molar-refractivity contribution in [2.24, 2.45) is 5.92 Å². The van der Waals surface area contributed by atoms with Crippen molar-refractivity contribution in [3.8, 4) is 0 Å². The van der Waals surface area contributed by atoms with Crippen LogP contribution in [0.3, 0.4) is 0 Å². The fourth-order valence-corrected chi connectivity index (χ4v) is 2.38. The van der Waals surface area contributed by atoms with Crippen LogP contribution in [0, 0.1) is 24.1 Å². The number of aromatic nitrogens is 2. The van der Waals surface area contributed by atoms with Gasteiger partial charge in [0.1, 0.15) is 11.5 Å². The predicted octanol–water partition coefficient (Wildman–Crippen LogP) is 4.05. The Morgan fingerprint density at radius 1 is 1.43 bits per heavy atom. The van der Waals surface area contributed by atoms with Crippen LogP contribution in [-0.4, -0.2) is 23.2 Å². The Hall–Kier alpha value is -2.30. The SMILES string of the molecule is CCC(/C=C(\C=C/C=N)c1nc(C)ncc1F)=C(\NC)C(C)C. The number of nitrogens with zero attached hydrogens (tertiary/aromatic N) is 2. The first-order valence-corrected chi connectivity index (χ1v) is 7.73. The largest absolute Gasteiger partial charge is 0.391 e. The standard InChI is InChI=1S/C18H25FN4/c1-6-14(17(21-5)12(2)3)10-15(8-7-9-20)18-16(19)11-22-13(4)23-18/h7-12,20-21H,6H2,1-5H3/b8-7-,15-10+,17-14+,20-9?. The van der Waals surface area contributed by atoms with Crippen molar-refractivity contribution < 1.29 is 4.39 Å². The molecule has 23 heavy (non-hydrogen) atoms. The molecule has 1 aromatic heterocycles. The average molecular weight is 316 g/mol. The molecular weight excluding hydrogens is 291 g/mol. The zero-order valence-electron chi connectivity index (χ0n) is 14.4. The molecule has 2 N–H and O–H groups in total. The zero-order valence-corrected chi connectivity index (χ0v) is 14.4. The number of hydrogen-bond acceptors (Lipinski definition) is 4. The summed E-state index contributed by atoms with van der Waals surface area (Å²) in [6, 6.07) is 0. The third-order valence-electron chi connectivity index (χ3n) is 3.41. The zero-order chi connectivity index (χ0) is 17.4. The fourth-order valence-electron chi connectivity index (χ4n) is 2.38. The number of rotatable bonds is 7. The van der Waals surface area contributed by atoms with E-state index in [-0.39, 0.29) is 5.69 Å². The maximum absolute atomic E-state index is 14.2. The molecule has 1 heterocycles. The second kappa shape index (κ2) is 8.98. The molecule has 0 unspecified atom stereocenters. The Morgan fingerprint density at radius 2 is 2.13 bits per heavy atom. The fraction of sp³-hybridized carbons (Fsp3) is 0.389. The Morgan fingerprint density at radius 3 is 2.65 bits per heavy atom.